The van der Waals surface area contributed by atoms with Crippen LogP contribution in [0, 0.1) is 0 Å². The minimum atomic E-state index is -0.943. The molecular formula is C15H14N4O4. The van der Waals surface area contributed by atoms with Gasteiger partial charge in [-0.1, -0.05) is 6.07 Å². The molecule has 0 spiro atoms. The van der Waals surface area contributed by atoms with E-state index in [0.717, 1.165) is 10.5 Å². The minimum Gasteiger partial charge on any atom is -0.376 e. The lowest BCUT2D eigenvalue weighted by Gasteiger charge is -2.28. The minimum absolute atomic E-state index is 0.103. The predicted octanol–water partition coefficient (Wildman–Crippen LogP) is -0.771. The van der Waals surface area contributed by atoms with Crippen molar-refractivity contribution in [3.05, 3.63) is 41.9 Å². The maximum absolute atomic E-state index is 12.4. The number of aromatic nitrogens is 1. The second-order valence-electron chi connectivity index (χ2n) is 5.25. The summed E-state index contributed by atoms with van der Waals surface area (Å²) in [6.07, 6.45) is 4.70. The molecule has 0 radical (unpaired) electrons. The van der Waals surface area contributed by atoms with Crippen LogP contribution < -0.4 is 10.6 Å². The molecule has 2 aliphatic rings. The van der Waals surface area contributed by atoms with Crippen molar-refractivity contribution in [1.29, 1.82) is 0 Å². The van der Waals surface area contributed by atoms with Crippen LogP contribution in [0.15, 0.2) is 36.3 Å². The van der Waals surface area contributed by atoms with Crippen LogP contribution in [0.4, 0.5) is 0 Å². The maximum Gasteiger partial charge on any atom is 0.277 e. The van der Waals surface area contributed by atoms with Crippen molar-refractivity contribution in [3.8, 4) is 0 Å². The monoisotopic (exact) mass is 314 g/mol. The SMILES string of the molecule is O=C1CCC(N2C(=O)C=C(NCc3cccnc3)C2=O)C(=O)N1. The molecule has 0 aromatic carbocycles. The Bertz CT molecular complexity index is 713. The van der Waals surface area contributed by atoms with Crippen molar-refractivity contribution >= 4 is 23.6 Å². The summed E-state index contributed by atoms with van der Waals surface area (Å²) in [5.41, 5.74) is 0.983. The van der Waals surface area contributed by atoms with Gasteiger partial charge in [0.15, 0.2) is 0 Å². The van der Waals surface area contributed by atoms with Gasteiger partial charge in [-0.3, -0.25) is 34.4 Å². The van der Waals surface area contributed by atoms with Crippen LogP contribution in [0.3, 0.4) is 0 Å². The molecule has 1 aromatic heterocycles. The number of pyridine rings is 1. The fourth-order valence-corrected chi connectivity index (χ4v) is 2.53. The highest BCUT2D eigenvalue weighted by Crippen LogP contribution is 2.20. The molecule has 4 amide bonds. The number of carbonyl (C=O) groups is 4. The number of rotatable bonds is 4. The first-order chi connectivity index (χ1) is 11.1. The number of piperidine rings is 1. The molecule has 1 saturated heterocycles. The van der Waals surface area contributed by atoms with Crippen LogP contribution in [-0.4, -0.2) is 39.6 Å². The molecule has 1 unspecified atom stereocenters. The standard InChI is InChI=1S/C15H14N4O4/c20-12-4-3-11(14(22)18-12)19-13(21)6-10(15(19)23)17-8-9-2-1-5-16-7-9/h1-2,5-7,11,17H,3-4,8H2,(H,18,20,22). The van der Waals surface area contributed by atoms with Gasteiger partial charge >= 0.3 is 0 Å². The molecule has 0 bridgehead atoms. The summed E-state index contributed by atoms with van der Waals surface area (Å²) < 4.78 is 0. The van der Waals surface area contributed by atoms with E-state index in [1.165, 1.54) is 6.08 Å². The van der Waals surface area contributed by atoms with Gasteiger partial charge in [0.2, 0.25) is 11.8 Å². The van der Waals surface area contributed by atoms with Crippen LogP contribution in [-0.2, 0) is 25.7 Å². The molecule has 0 aliphatic carbocycles. The highest BCUT2D eigenvalue weighted by atomic mass is 16.2. The van der Waals surface area contributed by atoms with E-state index in [0.29, 0.717) is 6.54 Å². The van der Waals surface area contributed by atoms with Crippen molar-refractivity contribution < 1.29 is 19.2 Å². The molecule has 8 heteroatoms. The predicted molar refractivity (Wildman–Crippen MR) is 77.2 cm³/mol. The second-order valence-corrected chi connectivity index (χ2v) is 5.25. The first-order valence-electron chi connectivity index (χ1n) is 7.12. The number of hydrogen-bond donors (Lipinski definition) is 2. The fourth-order valence-electron chi connectivity index (χ4n) is 2.53. The zero-order valence-corrected chi connectivity index (χ0v) is 12.1. The van der Waals surface area contributed by atoms with E-state index in [1.54, 1.807) is 18.5 Å². The highest BCUT2D eigenvalue weighted by molar-refractivity contribution is 6.18. The number of carbonyl (C=O) groups excluding carboxylic acids is 4. The van der Waals surface area contributed by atoms with E-state index in [2.05, 4.69) is 15.6 Å². The van der Waals surface area contributed by atoms with Gasteiger partial charge in [-0.05, 0) is 18.1 Å². The van der Waals surface area contributed by atoms with Crippen molar-refractivity contribution in [2.24, 2.45) is 0 Å². The molecule has 2 N–H and O–H groups in total. The van der Waals surface area contributed by atoms with Crippen LogP contribution in [0.1, 0.15) is 18.4 Å². The number of nitrogens with one attached hydrogen (secondary N) is 2. The Hall–Kier alpha value is -3.03. The number of nitrogens with zero attached hydrogens (tertiary/aromatic N) is 2. The van der Waals surface area contributed by atoms with E-state index < -0.39 is 29.7 Å². The third-order valence-corrected chi connectivity index (χ3v) is 3.68. The molecule has 0 saturated carbocycles. The first kappa shape index (κ1) is 14.9. The van der Waals surface area contributed by atoms with E-state index in [-0.39, 0.29) is 18.5 Å². The Morgan fingerprint density at radius 3 is 2.83 bits per heavy atom. The maximum atomic E-state index is 12.4. The fraction of sp³-hybridized carbons (Fsp3) is 0.267. The van der Waals surface area contributed by atoms with E-state index in [9.17, 15) is 19.2 Å². The van der Waals surface area contributed by atoms with Crippen molar-refractivity contribution in [2.75, 3.05) is 0 Å². The lowest BCUT2D eigenvalue weighted by molar-refractivity contribution is -0.149. The topological polar surface area (TPSA) is 108 Å². The average Bonchev–Trinajstić information content (AvgIpc) is 2.81. The lowest BCUT2D eigenvalue weighted by Crippen LogP contribution is -2.54. The lowest BCUT2D eigenvalue weighted by atomic mass is 10.0. The van der Waals surface area contributed by atoms with Gasteiger partial charge in [-0.25, -0.2) is 0 Å². The third-order valence-electron chi connectivity index (χ3n) is 3.68. The van der Waals surface area contributed by atoms with Gasteiger partial charge in [0.05, 0.1) is 0 Å². The van der Waals surface area contributed by atoms with Crippen LogP contribution >= 0.6 is 0 Å². The molecule has 118 valence electrons. The van der Waals surface area contributed by atoms with Gasteiger partial charge in [0.25, 0.3) is 11.8 Å². The van der Waals surface area contributed by atoms with Crippen LogP contribution in [0.5, 0.6) is 0 Å². The molecule has 1 atom stereocenters. The summed E-state index contributed by atoms with van der Waals surface area (Å²) in [4.78, 5) is 52.3. The first-order valence-corrected chi connectivity index (χ1v) is 7.12. The summed E-state index contributed by atoms with van der Waals surface area (Å²) in [5, 5.41) is 5.03. The van der Waals surface area contributed by atoms with E-state index in [4.69, 9.17) is 0 Å². The molecule has 1 fully saturated rings. The normalized spacial score (nSPS) is 21.3. The average molecular weight is 314 g/mol. The van der Waals surface area contributed by atoms with Crippen LogP contribution in [0.2, 0.25) is 0 Å². The summed E-state index contributed by atoms with van der Waals surface area (Å²) in [6, 6.07) is 2.66. The van der Waals surface area contributed by atoms with Crippen LogP contribution in [0.25, 0.3) is 0 Å². The van der Waals surface area contributed by atoms with Crippen molar-refractivity contribution in [1.82, 2.24) is 20.5 Å². The van der Waals surface area contributed by atoms with Gasteiger partial charge in [0, 0.05) is 31.4 Å². The van der Waals surface area contributed by atoms with Gasteiger partial charge < -0.3 is 5.32 Å². The largest absolute Gasteiger partial charge is 0.376 e. The van der Waals surface area contributed by atoms with Gasteiger partial charge in [0.1, 0.15) is 11.7 Å². The van der Waals surface area contributed by atoms with Crippen molar-refractivity contribution in [2.45, 2.75) is 25.4 Å². The molecule has 3 heterocycles. The molecule has 1 aromatic rings. The highest BCUT2D eigenvalue weighted by Gasteiger charge is 2.42. The summed E-state index contributed by atoms with van der Waals surface area (Å²) in [5.74, 6) is -2.13. The van der Waals surface area contributed by atoms with Gasteiger partial charge in [-0.2, -0.15) is 0 Å². The Balaban J connectivity index is 1.68. The summed E-state index contributed by atoms with van der Waals surface area (Å²) >= 11 is 0. The van der Waals surface area contributed by atoms with E-state index in [1.807, 2.05) is 6.07 Å². The molecule has 8 nitrogen and oxygen atoms in total. The molecular weight excluding hydrogens is 300 g/mol. The zero-order valence-electron chi connectivity index (χ0n) is 12.1. The number of amides is 4. The molecule has 3 rings (SSSR count). The molecule has 2 aliphatic heterocycles. The summed E-state index contributed by atoms with van der Waals surface area (Å²) in [7, 11) is 0. The Kier molecular flexibility index (Phi) is 3.88. The third kappa shape index (κ3) is 2.96. The Morgan fingerprint density at radius 1 is 1.30 bits per heavy atom. The quantitative estimate of drug-likeness (QED) is 0.707. The zero-order chi connectivity index (χ0) is 16.4. The Labute approximate surface area is 131 Å². The summed E-state index contributed by atoms with van der Waals surface area (Å²) in [6.45, 7) is 0.335. The Morgan fingerprint density at radius 2 is 2.13 bits per heavy atom. The van der Waals surface area contributed by atoms with Gasteiger partial charge in [-0.15, -0.1) is 0 Å². The second kappa shape index (κ2) is 5.99. The molecule has 23 heavy (non-hydrogen) atoms. The number of hydrogen-bond acceptors (Lipinski definition) is 6. The smallest absolute Gasteiger partial charge is 0.277 e. The number of imide groups is 2. The van der Waals surface area contributed by atoms with E-state index >= 15 is 0 Å². The van der Waals surface area contributed by atoms with Crippen molar-refractivity contribution in [3.63, 3.8) is 0 Å².